The lowest BCUT2D eigenvalue weighted by molar-refractivity contribution is -0.384. The Balaban J connectivity index is 1.54. The summed E-state index contributed by atoms with van der Waals surface area (Å²) < 4.78 is 14.3. The molecule has 1 aliphatic heterocycles. The van der Waals surface area contributed by atoms with Gasteiger partial charge in [-0.2, -0.15) is 0 Å². The van der Waals surface area contributed by atoms with Crippen LogP contribution in [0.3, 0.4) is 0 Å². The van der Waals surface area contributed by atoms with Crippen LogP contribution in [-0.4, -0.2) is 77.0 Å². The van der Waals surface area contributed by atoms with Gasteiger partial charge in [0, 0.05) is 63.5 Å². The molecule has 0 radical (unpaired) electrons. The van der Waals surface area contributed by atoms with Gasteiger partial charge < -0.3 is 4.90 Å². The summed E-state index contributed by atoms with van der Waals surface area (Å²) in [6.07, 6.45) is 8.74. The van der Waals surface area contributed by atoms with Crippen LogP contribution in [0, 0.1) is 10.1 Å². The quantitative estimate of drug-likeness (QED) is 0.312. The monoisotopic (exact) mass is 532 g/mol. The van der Waals surface area contributed by atoms with Crippen molar-refractivity contribution in [2.24, 2.45) is 0 Å². The lowest BCUT2D eigenvalue weighted by Gasteiger charge is -2.40. The van der Waals surface area contributed by atoms with Gasteiger partial charge in [-0.3, -0.25) is 24.7 Å². The summed E-state index contributed by atoms with van der Waals surface area (Å²) in [7, 11) is 0. The first kappa shape index (κ1) is 28.4. The zero-order valence-electron chi connectivity index (χ0n) is 22.9. The maximum absolute atomic E-state index is 14.3. The van der Waals surface area contributed by atoms with Crippen LogP contribution >= 0.6 is 0 Å². The largest absolute Gasteiger partial charge is 0.339 e. The van der Waals surface area contributed by atoms with E-state index < -0.39 is 5.67 Å². The van der Waals surface area contributed by atoms with Crippen molar-refractivity contribution in [3.8, 4) is 0 Å². The highest BCUT2D eigenvalue weighted by molar-refractivity contribution is 5.94. The maximum atomic E-state index is 14.3. The Morgan fingerprint density at radius 2 is 1.74 bits per heavy atom. The number of alkyl halides is 1. The fourth-order valence-electron chi connectivity index (χ4n) is 5.21. The van der Waals surface area contributed by atoms with Crippen molar-refractivity contribution in [2.75, 3.05) is 45.8 Å². The highest BCUT2D eigenvalue weighted by Crippen LogP contribution is 2.32. The summed E-state index contributed by atoms with van der Waals surface area (Å²) in [6, 6.07) is 14.3. The second-order valence-electron chi connectivity index (χ2n) is 10.3. The van der Waals surface area contributed by atoms with Crippen LogP contribution in [0.2, 0.25) is 0 Å². The lowest BCUT2D eigenvalue weighted by atomic mass is 9.95. The van der Waals surface area contributed by atoms with Gasteiger partial charge in [-0.25, -0.2) is 4.39 Å². The Morgan fingerprint density at radius 1 is 1.05 bits per heavy atom. The van der Waals surface area contributed by atoms with E-state index in [1.807, 2.05) is 56.3 Å². The maximum Gasteiger partial charge on any atom is 0.269 e. The van der Waals surface area contributed by atoms with Crippen LogP contribution < -0.4 is 0 Å². The molecule has 0 aromatic heterocycles. The highest BCUT2D eigenvalue weighted by Gasteiger charge is 2.28. The van der Waals surface area contributed by atoms with Crippen LogP contribution in [0.1, 0.15) is 48.3 Å². The number of allylic oxidation sites excluding steroid dienone is 4. The molecule has 2 aromatic rings. The van der Waals surface area contributed by atoms with Crippen LogP contribution in [0.5, 0.6) is 0 Å². The van der Waals surface area contributed by atoms with Gasteiger partial charge >= 0.3 is 0 Å². The van der Waals surface area contributed by atoms with Gasteiger partial charge in [-0.15, -0.1) is 0 Å². The predicted octanol–water partition coefficient (Wildman–Crippen LogP) is 5.56. The van der Waals surface area contributed by atoms with Gasteiger partial charge in [0.05, 0.1) is 11.0 Å². The van der Waals surface area contributed by atoms with Crippen molar-refractivity contribution in [3.05, 3.63) is 111 Å². The molecular weight excluding hydrogens is 495 g/mol. The summed E-state index contributed by atoms with van der Waals surface area (Å²) in [5, 5.41) is 11.5. The van der Waals surface area contributed by atoms with Gasteiger partial charge in [0.2, 0.25) is 0 Å². The molecular formula is C31H37FN4O3. The predicted molar refractivity (Wildman–Crippen MR) is 153 cm³/mol. The number of hydrogen-bond acceptors (Lipinski definition) is 5. The first-order valence-electron chi connectivity index (χ1n) is 13.6. The molecule has 0 N–H and O–H groups in total. The molecule has 2 aromatic carbocycles. The van der Waals surface area contributed by atoms with Crippen LogP contribution in [0.25, 0.3) is 0 Å². The minimum Gasteiger partial charge on any atom is -0.339 e. The summed E-state index contributed by atoms with van der Waals surface area (Å²) in [4.78, 5) is 30.5. The molecule has 39 heavy (non-hydrogen) atoms. The number of amides is 1. The van der Waals surface area contributed by atoms with Crippen LogP contribution in [0.15, 0.2) is 84.5 Å². The number of piperazine rings is 1. The van der Waals surface area contributed by atoms with Crippen molar-refractivity contribution < 1.29 is 14.1 Å². The minimum absolute atomic E-state index is 0.00292. The van der Waals surface area contributed by atoms with Gasteiger partial charge in [0.1, 0.15) is 5.67 Å². The zero-order valence-corrected chi connectivity index (χ0v) is 22.9. The normalized spacial score (nSPS) is 20.8. The van der Waals surface area contributed by atoms with Crippen molar-refractivity contribution in [2.45, 2.75) is 32.5 Å². The first-order chi connectivity index (χ1) is 18.7. The number of benzene rings is 2. The Hall–Kier alpha value is -3.62. The molecule has 1 amide bonds. The number of nitrogens with zero attached hydrogens (tertiary/aromatic N) is 4. The van der Waals surface area contributed by atoms with Crippen LogP contribution in [-0.2, 0) is 0 Å². The summed E-state index contributed by atoms with van der Waals surface area (Å²) >= 11 is 0. The molecule has 206 valence electrons. The van der Waals surface area contributed by atoms with Crippen molar-refractivity contribution >= 4 is 11.6 Å². The van der Waals surface area contributed by atoms with E-state index in [4.69, 9.17) is 0 Å². The zero-order chi connectivity index (χ0) is 28.0. The van der Waals surface area contributed by atoms with E-state index >= 15 is 0 Å². The Labute approximate surface area is 230 Å². The van der Waals surface area contributed by atoms with E-state index in [0.29, 0.717) is 18.7 Å². The molecule has 4 rings (SSSR count). The molecule has 2 unspecified atom stereocenters. The molecule has 1 saturated heterocycles. The number of hydrogen-bond donors (Lipinski definition) is 0. The SMILES string of the molecule is CCN(CC)C(=O)c1ccc(C(c2cccc([N+](=O)[O-])c2)N2CCN(CC3=CC=CC(C)(F)C=C3)CC2)cc1. The number of nitro groups is 1. The number of carbonyl (C=O) groups excluding carboxylic acids is 1. The molecule has 7 nitrogen and oxygen atoms in total. The molecule has 8 heteroatoms. The average molecular weight is 533 g/mol. The molecule has 2 atom stereocenters. The van der Waals surface area contributed by atoms with E-state index in [1.54, 1.807) is 35.3 Å². The van der Waals surface area contributed by atoms with Crippen molar-refractivity contribution in [1.29, 1.82) is 0 Å². The molecule has 2 aliphatic rings. The first-order valence-corrected chi connectivity index (χ1v) is 13.6. The highest BCUT2D eigenvalue weighted by atomic mass is 19.1. The fraction of sp³-hybridized carbons (Fsp3) is 0.387. The van der Waals surface area contributed by atoms with Gasteiger partial charge in [0.25, 0.3) is 11.6 Å². The molecule has 1 aliphatic carbocycles. The third-order valence-electron chi connectivity index (χ3n) is 7.45. The topological polar surface area (TPSA) is 69.9 Å². The standard InChI is InChI=1S/C31H37FN4O3/c1-4-34(5-2)30(37)26-13-11-25(12-14-26)29(27-9-6-10-28(22-27)36(38)39)35-20-18-33(19-21-35)23-24-8-7-16-31(3,32)17-15-24/h6-17,22,29H,4-5,18-21,23H2,1-3H3. The summed E-state index contributed by atoms with van der Waals surface area (Å²) in [6.45, 7) is 10.6. The second kappa shape index (κ2) is 12.5. The summed E-state index contributed by atoms with van der Waals surface area (Å²) in [5.41, 5.74) is 2.15. The van der Waals surface area contributed by atoms with E-state index in [9.17, 15) is 19.3 Å². The molecule has 1 fully saturated rings. The summed E-state index contributed by atoms with van der Waals surface area (Å²) in [5.74, 6) is -0.00292. The van der Waals surface area contributed by atoms with Gasteiger partial charge in [-0.1, -0.05) is 42.5 Å². The number of nitro benzene ring substituents is 1. The third-order valence-corrected chi connectivity index (χ3v) is 7.45. The number of rotatable bonds is 9. The van der Waals surface area contributed by atoms with E-state index in [2.05, 4.69) is 9.80 Å². The van der Waals surface area contributed by atoms with Crippen molar-refractivity contribution in [1.82, 2.24) is 14.7 Å². The fourth-order valence-corrected chi connectivity index (χ4v) is 5.21. The molecule has 0 bridgehead atoms. The smallest absolute Gasteiger partial charge is 0.269 e. The molecule has 0 spiro atoms. The Kier molecular flexibility index (Phi) is 9.09. The molecule has 1 heterocycles. The second-order valence-corrected chi connectivity index (χ2v) is 10.3. The van der Waals surface area contributed by atoms with Crippen LogP contribution in [0.4, 0.5) is 10.1 Å². The molecule has 0 saturated carbocycles. The average Bonchev–Trinajstić information content (AvgIpc) is 3.10. The Bertz CT molecular complexity index is 1260. The van der Waals surface area contributed by atoms with E-state index in [1.165, 1.54) is 13.0 Å². The lowest BCUT2D eigenvalue weighted by Crippen LogP contribution is -2.48. The Morgan fingerprint density at radius 3 is 2.38 bits per heavy atom. The number of halogens is 1. The third kappa shape index (κ3) is 7.07. The number of carbonyl (C=O) groups is 1. The van der Waals surface area contributed by atoms with E-state index in [0.717, 1.165) is 49.4 Å². The van der Waals surface area contributed by atoms with Gasteiger partial charge in [0.15, 0.2) is 0 Å². The minimum atomic E-state index is -1.44. The van der Waals surface area contributed by atoms with Gasteiger partial charge in [-0.05, 0) is 61.8 Å². The van der Waals surface area contributed by atoms with Crippen molar-refractivity contribution in [3.63, 3.8) is 0 Å². The van der Waals surface area contributed by atoms with E-state index in [-0.39, 0.29) is 22.6 Å². The number of non-ortho nitro benzene ring substituents is 1.